The summed E-state index contributed by atoms with van der Waals surface area (Å²) >= 11 is 3.46. The van der Waals surface area contributed by atoms with Gasteiger partial charge in [-0.1, -0.05) is 0 Å². The fraction of sp³-hybridized carbons (Fsp3) is 0.0714. The number of hydrogen-bond donors (Lipinski definition) is 0. The predicted octanol–water partition coefficient (Wildman–Crippen LogP) is 26.2. The van der Waals surface area contributed by atoms with E-state index in [9.17, 15) is 0 Å². The number of hydrogen-bond acceptors (Lipinski definition) is 0. The van der Waals surface area contributed by atoms with Crippen molar-refractivity contribution in [1.82, 2.24) is 36.5 Å². The van der Waals surface area contributed by atoms with Crippen molar-refractivity contribution in [2.24, 2.45) is 56.4 Å². The van der Waals surface area contributed by atoms with Crippen molar-refractivity contribution < 1.29 is 0 Å². The van der Waals surface area contributed by atoms with Gasteiger partial charge in [0.15, 0.2) is 0 Å². The standard InChI is InChI=1S/4C28H18N2Se2/c1-29-5-3-15-7-17-13-25-21(9-19(17)11-23(15)29)27-28(31-25)22-10-20-12-24-16(4-6-30(24)2)8-18(20)14-26(22)32-27;1-29-23-11-17-7-15-3-5-31-25(15)13-19(17)9-21(23)28-27(29)22-10-20-14-26-16(4-6-32-26)8-18(20)12-24(22)30(28)2;1-29-23-11-19-13-25-15(3-5-31-25)7-17(19)9-21(23)28-27(29)22-10-18-8-16-4-6-32-26(16)14-20(18)12-24(22)30(28)2;1-29-5-3-15-7-17-9-21-25(13-19(17)11-23(15)29)31-28-22-10-18-8-16-4-6-30(2)24(16)12-20(18)14-26(22)32-27(21)28/h4*3-14H,1-2H3. The zero-order valence-corrected chi connectivity index (χ0v) is 84.3. The Kier molecular flexibility index (Phi) is 16.0. The van der Waals surface area contributed by atoms with Crippen LogP contribution >= 0.6 is 0 Å². The van der Waals surface area contributed by atoms with Crippen LogP contribution in [-0.4, -0.2) is 153 Å². The average molecular weight is 2160 g/mol. The van der Waals surface area contributed by atoms with Gasteiger partial charge in [0, 0.05) is 0 Å². The van der Waals surface area contributed by atoms with Gasteiger partial charge in [-0.15, -0.1) is 0 Å². The van der Waals surface area contributed by atoms with Gasteiger partial charge in [0.25, 0.3) is 0 Å². The predicted molar refractivity (Wildman–Crippen MR) is 563 cm³/mol. The van der Waals surface area contributed by atoms with Crippen molar-refractivity contribution in [3.8, 4) is 0 Å². The third kappa shape index (κ3) is 11.0. The molecule has 0 atom stereocenters. The summed E-state index contributed by atoms with van der Waals surface area (Å²) in [7, 11) is 17.5. The van der Waals surface area contributed by atoms with Crippen LogP contribution in [0.1, 0.15) is 0 Å². The average Bonchev–Trinajstić information content (AvgIpc) is 1.54. The van der Waals surface area contributed by atoms with E-state index in [0.717, 1.165) is 0 Å². The number of aryl methyl sites for hydroxylation is 8. The molecule has 0 saturated carbocycles. The molecule has 128 heavy (non-hydrogen) atoms. The molecule has 0 saturated heterocycles. The van der Waals surface area contributed by atoms with E-state index < -0.39 is 0 Å². The van der Waals surface area contributed by atoms with Crippen LogP contribution in [0.2, 0.25) is 0 Å². The van der Waals surface area contributed by atoms with E-state index in [1.807, 2.05) is 0 Å². The first kappa shape index (κ1) is 74.9. The van der Waals surface area contributed by atoms with E-state index in [1.54, 1.807) is 34.1 Å². The molecule has 16 aromatic heterocycles. The van der Waals surface area contributed by atoms with E-state index in [-0.39, 0.29) is 0 Å². The second-order valence-corrected chi connectivity index (χ2v) is 52.4. The summed E-state index contributed by atoms with van der Waals surface area (Å²) < 4.78 is 37.3. The van der Waals surface area contributed by atoms with E-state index in [4.69, 9.17) is 0 Å². The molecule has 0 aliphatic heterocycles. The van der Waals surface area contributed by atoms with Crippen LogP contribution in [0.5, 0.6) is 0 Å². The Morgan fingerprint density at radius 1 is 0.156 bits per heavy atom. The first-order valence-corrected chi connectivity index (χ1v) is 57.4. The zero-order chi connectivity index (χ0) is 84.5. The summed E-state index contributed by atoms with van der Waals surface area (Å²) in [5.74, 6) is 0. The molecular weight excluding hydrogens is 2090 g/mol. The third-order valence-electron chi connectivity index (χ3n) is 28.4. The molecule has 0 aliphatic carbocycles. The van der Waals surface area contributed by atoms with E-state index >= 15 is 0 Å². The molecule has 8 nitrogen and oxygen atoms in total. The third-order valence-corrected chi connectivity index (χ3v) is 47.0. The number of aromatic nitrogens is 8. The van der Waals surface area contributed by atoms with Gasteiger partial charge >= 0.3 is 786 Å². The Bertz CT molecular complexity index is 9750. The summed E-state index contributed by atoms with van der Waals surface area (Å²) in [5, 5.41) is 44.2. The molecule has 0 spiro atoms. The molecule has 16 heteroatoms. The molecule has 32 aromatic rings. The number of fused-ring (bicyclic) bond motifs is 36. The summed E-state index contributed by atoms with van der Waals surface area (Å²) in [6.07, 6.45) is 8.64. The van der Waals surface area contributed by atoms with E-state index in [2.05, 4.69) is 380 Å². The number of nitrogens with zero attached hydrogens (tertiary/aromatic N) is 8. The second kappa shape index (κ2) is 27.3. The quantitative estimate of drug-likeness (QED) is 0.136. The number of benzene rings is 16. The summed E-state index contributed by atoms with van der Waals surface area (Å²) in [6, 6.07) is 95.1. The van der Waals surface area contributed by atoms with Crippen molar-refractivity contribution in [2.45, 2.75) is 0 Å². The molecule has 0 unspecified atom stereocenters. The summed E-state index contributed by atoms with van der Waals surface area (Å²) in [5.41, 5.74) is 15.9. The van der Waals surface area contributed by atoms with Crippen molar-refractivity contribution in [3.63, 3.8) is 0 Å². The molecule has 0 radical (unpaired) electrons. The molecule has 32 rings (SSSR count). The molecule has 16 heterocycles. The van der Waals surface area contributed by atoms with Crippen molar-refractivity contribution in [1.29, 1.82) is 0 Å². The Hall–Kier alpha value is -11.0. The second-order valence-electron chi connectivity index (χ2n) is 35.6. The van der Waals surface area contributed by atoms with Gasteiger partial charge in [0.1, 0.15) is 0 Å². The van der Waals surface area contributed by atoms with Gasteiger partial charge in [-0.3, -0.25) is 0 Å². The van der Waals surface area contributed by atoms with Crippen LogP contribution in [0.3, 0.4) is 0 Å². The maximum absolute atomic E-state index is 2.48. The van der Waals surface area contributed by atoms with Crippen LogP contribution in [-0.2, 0) is 56.4 Å². The summed E-state index contributed by atoms with van der Waals surface area (Å²) in [4.78, 5) is 9.32. The van der Waals surface area contributed by atoms with Gasteiger partial charge in [0.2, 0.25) is 0 Å². The van der Waals surface area contributed by atoms with Crippen LogP contribution in [0.15, 0.2) is 287 Å². The normalized spacial score (nSPS) is 12.7. The monoisotopic (exact) mass is 2170 g/mol. The van der Waals surface area contributed by atoms with Gasteiger partial charge in [0.05, 0.1) is 0 Å². The van der Waals surface area contributed by atoms with E-state index in [0.29, 0.717) is 116 Å². The molecule has 0 bridgehead atoms. The molecule has 0 fully saturated rings. The van der Waals surface area contributed by atoms with Crippen molar-refractivity contribution in [2.75, 3.05) is 0 Å². The molecule has 0 amide bonds. The molecule has 0 aliphatic rings. The van der Waals surface area contributed by atoms with Gasteiger partial charge in [-0.25, -0.2) is 0 Å². The fourth-order valence-electron chi connectivity index (χ4n) is 21.8. The number of rotatable bonds is 0. The van der Waals surface area contributed by atoms with Crippen LogP contribution < -0.4 is 0 Å². The van der Waals surface area contributed by atoms with E-state index in [1.165, 1.54) is 256 Å². The maximum atomic E-state index is 2.48. The Balaban J connectivity index is 0.0000000845. The topological polar surface area (TPSA) is 39.4 Å². The van der Waals surface area contributed by atoms with Gasteiger partial charge in [-0.2, -0.15) is 0 Å². The fourth-order valence-corrected chi connectivity index (χ4v) is 41.5. The zero-order valence-electron chi connectivity index (χ0n) is 70.6. The van der Waals surface area contributed by atoms with Crippen LogP contribution in [0.4, 0.5) is 0 Å². The van der Waals surface area contributed by atoms with Gasteiger partial charge in [-0.05, 0) is 0 Å². The minimum absolute atomic E-state index is 0.388. The molecule has 608 valence electrons. The molecule has 16 aromatic carbocycles. The Labute approximate surface area is 777 Å². The molecule has 0 N–H and O–H groups in total. The minimum atomic E-state index is 0.388. The van der Waals surface area contributed by atoms with Crippen LogP contribution in [0.25, 0.3) is 290 Å². The van der Waals surface area contributed by atoms with Gasteiger partial charge < -0.3 is 0 Å². The first-order valence-electron chi connectivity index (χ1n) is 43.1. The Morgan fingerprint density at radius 3 is 0.586 bits per heavy atom. The first-order chi connectivity index (χ1) is 62.5. The molecular formula is C112H72N8Se8. The van der Waals surface area contributed by atoms with Crippen LogP contribution in [0, 0.1) is 0 Å². The summed E-state index contributed by atoms with van der Waals surface area (Å²) in [6.45, 7) is 0. The van der Waals surface area contributed by atoms with Crippen molar-refractivity contribution >= 4 is 406 Å². The van der Waals surface area contributed by atoms with Crippen molar-refractivity contribution in [3.05, 3.63) is 287 Å². The SMILES string of the molecule is Cn1c2cc3cc4[se]ccc4cc3cc2c2c1c1cc3cc4cc[se]c4cc3cc1n2C.Cn1c2cc3cc4cc[se]c4cc3cc2c2c1c1cc3cc4[se]ccc4cc3cc1n2C.Cn1ccc2cc3cc4[se]c5c6cc7cc8c(ccn8C)cc7cc6[se]c5c4cc3cc21.Cn1ccc2cc3cc4c(cc3cc21)[se]c1c2cc3cc5ccn(C)c5cc3cc2[se]c41. The Morgan fingerprint density at radius 2 is 0.336 bits per heavy atom.